The van der Waals surface area contributed by atoms with Crippen LogP contribution in [0.15, 0.2) is 0 Å². The lowest BCUT2D eigenvalue weighted by molar-refractivity contribution is -0.149. The molecule has 1 aliphatic heterocycles. The van der Waals surface area contributed by atoms with E-state index in [4.69, 9.17) is 14.6 Å². The van der Waals surface area contributed by atoms with Gasteiger partial charge in [-0.15, -0.1) is 0 Å². The highest BCUT2D eigenvalue weighted by Crippen LogP contribution is 2.34. The van der Waals surface area contributed by atoms with E-state index in [1.54, 1.807) is 6.92 Å². The van der Waals surface area contributed by atoms with E-state index in [0.717, 1.165) is 32.1 Å². The van der Waals surface area contributed by atoms with Crippen molar-refractivity contribution in [1.82, 2.24) is 0 Å². The maximum atomic E-state index is 11.5. The maximum Gasteiger partial charge on any atom is 0.340 e. The number of rotatable bonds is 8. The smallest absolute Gasteiger partial charge is 0.340 e. The first kappa shape index (κ1) is 12.5. The minimum atomic E-state index is -0.616. The maximum absolute atomic E-state index is 11.5. The van der Waals surface area contributed by atoms with Crippen LogP contribution in [0.2, 0.25) is 0 Å². The van der Waals surface area contributed by atoms with E-state index in [2.05, 4.69) is 0 Å². The topological polar surface area (TPSA) is 59.1 Å². The number of esters is 1. The van der Waals surface area contributed by atoms with Gasteiger partial charge in [0.2, 0.25) is 0 Å². The van der Waals surface area contributed by atoms with E-state index in [1.807, 2.05) is 0 Å². The van der Waals surface area contributed by atoms with Crippen LogP contribution in [0.25, 0.3) is 0 Å². The van der Waals surface area contributed by atoms with Gasteiger partial charge in [0.15, 0.2) is 5.60 Å². The van der Waals surface area contributed by atoms with Gasteiger partial charge in [0.05, 0.1) is 13.2 Å². The van der Waals surface area contributed by atoms with Gasteiger partial charge in [-0.05, 0) is 26.2 Å². The molecular weight excluding hydrogens is 196 g/mol. The van der Waals surface area contributed by atoms with Crippen LogP contribution in [-0.4, -0.2) is 36.5 Å². The monoisotopic (exact) mass is 216 g/mol. The molecule has 88 valence electrons. The van der Waals surface area contributed by atoms with Gasteiger partial charge in [-0.1, -0.05) is 12.8 Å². The summed E-state index contributed by atoms with van der Waals surface area (Å²) in [5.74, 6) is -0.216. The van der Waals surface area contributed by atoms with Crippen LogP contribution >= 0.6 is 0 Å². The molecule has 0 aromatic rings. The third-order valence-corrected chi connectivity index (χ3v) is 2.63. The molecule has 15 heavy (non-hydrogen) atoms. The molecule has 0 aromatic heterocycles. The molecule has 1 rings (SSSR count). The molecule has 1 N–H and O–H groups in total. The summed E-state index contributed by atoms with van der Waals surface area (Å²) in [6.45, 7) is 2.97. The fourth-order valence-electron chi connectivity index (χ4n) is 1.59. The standard InChI is InChI=1S/C11H20O4/c1-2-14-10(13)11(9-15-11)7-5-3-4-6-8-12/h12H,2-9H2,1H3/t11-/m1/s1. The summed E-state index contributed by atoms with van der Waals surface area (Å²) >= 11 is 0. The van der Waals surface area contributed by atoms with Crippen LogP contribution in [0.5, 0.6) is 0 Å². The van der Waals surface area contributed by atoms with Gasteiger partial charge < -0.3 is 14.6 Å². The molecular formula is C11H20O4. The number of carbonyl (C=O) groups excluding carboxylic acids is 1. The van der Waals surface area contributed by atoms with Crippen LogP contribution in [0.1, 0.15) is 39.0 Å². The molecule has 0 radical (unpaired) electrons. The van der Waals surface area contributed by atoms with E-state index >= 15 is 0 Å². The molecule has 4 heteroatoms. The van der Waals surface area contributed by atoms with Crippen LogP contribution in [0.3, 0.4) is 0 Å². The lowest BCUT2D eigenvalue weighted by Crippen LogP contribution is -2.27. The summed E-state index contributed by atoms with van der Waals surface area (Å²) in [6, 6.07) is 0. The minimum absolute atomic E-state index is 0.216. The predicted octanol–water partition coefficient (Wildman–Crippen LogP) is 1.26. The van der Waals surface area contributed by atoms with Crippen molar-refractivity contribution in [1.29, 1.82) is 0 Å². The second-order valence-corrected chi connectivity index (χ2v) is 3.89. The van der Waals surface area contributed by atoms with Gasteiger partial charge in [-0.3, -0.25) is 0 Å². The highest BCUT2D eigenvalue weighted by Gasteiger charge is 2.52. The summed E-state index contributed by atoms with van der Waals surface area (Å²) in [6.07, 6.45) is 4.59. The van der Waals surface area contributed by atoms with Crippen molar-refractivity contribution >= 4 is 5.97 Å². The Balaban J connectivity index is 2.11. The van der Waals surface area contributed by atoms with Gasteiger partial charge in [0.1, 0.15) is 0 Å². The van der Waals surface area contributed by atoms with Crippen molar-refractivity contribution in [2.45, 2.75) is 44.6 Å². The quantitative estimate of drug-likeness (QED) is 0.377. The third-order valence-electron chi connectivity index (χ3n) is 2.63. The summed E-state index contributed by atoms with van der Waals surface area (Å²) < 4.78 is 10.1. The van der Waals surface area contributed by atoms with Gasteiger partial charge in [0.25, 0.3) is 0 Å². The summed E-state index contributed by atoms with van der Waals surface area (Å²) in [4.78, 5) is 11.5. The molecule has 1 saturated heterocycles. The summed E-state index contributed by atoms with van der Waals surface area (Å²) in [5.41, 5.74) is -0.616. The van der Waals surface area contributed by atoms with E-state index < -0.39 is 5.60 Å². The minimum Gasteiger partial charge on any atom is -0.464 e. The van der Waals surface area contributed by atoms with E-state index in [0.29, 0.717) is 13.2 Å². The molecule has 1 atom stereocenters. The molecule has 0 saturated carbocycles. The fourth-order valence-corrected chi connectivity index (χ4v) is 1.59. The first-order valence-corrected chi connectivity index (χ1v) is 5.67. The second-order valence-electron chi connectivity index (χ2n) is 3.89. The predicted molar refractivity (Wildman–Crippen MR) is 55.5 cm³/mol. The van der Waals surface area contributed by atoms with Crippen molar-refractivity contribution in [3.8, 4) is 0 Å². The molecule has 1 aliphatic rings. The molecule has 4 nitrogen and oxygen atoms in total. The second kappa shape index (κ2) is 6.08. The Bertz CT molecular complexity index is 199. The van der Waals surface area contributed by atoms with E-state index in [9.17, 15) is 4.79 Å². The SMILES string of the molecule is CCOC(=O)[C@@]1(CCCCCCO)CO1. The fraction of sp³-hybridized carbons (Fsp3) is 0.909. The highest BCUT2D eigenvalue weighted by atomic mass is 16.6. The Hall–Kier alpha value is -0.610. The van der Waals surface area contributed by atoms with Crippen LogP contribution in [0.4, 0.5) is 0 Å². The van der Waals surface area contributed by atoms with Crippen molar-refractivity contribution < 1.29 is 19.4 Å². The van der Waals surface area contributed by atoms with Gasteiger partial charge in [-0.2, -0.15) is 0 Å². The molecule has 1 fully saturated rings. The number of aliphatic hydroxyl groups excluding tert-OH is 1. The molecule has 0 spiro atoms. The number of hydrogen-bond acceptors (Lipinski definition) is 4. The molecule has 0 unspecified atom stereocenters. The van der Waals surface area contributed by atoms with Crippen molar-refractivity contribution in [3.63, 3.8) is 0 Å². The van der Waals surface area contributed by atoms with Crippen LogP contribution < -0.4 is 0 Å². The Morgan fingerprint density at radius 3 is 2.60 bits per heavy atom. The Morgan fingerprint density at radius 1 is 1.40 bits per heavy atom. The number of unbranched alkanes of at least 4 members (excludes halogenated alkanes) is 3. The normalized spacial score (nSPS) is 23.9. The van der Waals surface area contributed by atoms with Crippen LogP contribution in [0, 0.1) is 0 Å². The molecule has 0 aliphatic carbocycles. The Morgan fingerprint density at radius 2 is 2.07 bits per heavy atom. The number of carbonyl (C=O) groups is 1. The molecule has 0 aromatic carbocycles. The largest absolute Gasteiger partial charge is 0.464 e. The zero-order chi connectivity index (χ0) is 11.1. The molecule has 1 heterocycles. The number of aliphatic hydroxyl groups is 1. The summed E-state index contributed by atoms with van der Waals surface area (Å²) in [5, 5.41) is 8.60. The summed E-state index contributed by atoms with van der Waals surface area (Å²) in [7, 11) is 0. The van der Waals surface area contributed by atoms with Gasteiger partial charge in [0, 0.05) is 6.61 Å². The Labute approximate surface area is 90.6 Å². The van der Waals surface area contributed by atoms with E-state index in [-0.39, 0.29) is 12.6 Å². The van der Waals surface area contributed by atoms with E-state index in [1.165, 1.54) is 0 Å². The highest BCUT2D eigenvalue weighted by molar-refractivity contribution is 5.82. The average molecular weight is 216 g/mol. The first-order chi connectivity index (χ1) is 7.25. The zero-order valence-corrected chi connectivity index (χ0v) is 9.33. The van der Waals surface area contributed by atoms with Crippen molar-refractivity contribution in [2.75, 3.05) is 19.8 Å². The third kappa shape index (κ3) is 3.80. The Kier molecular flexibility index (Phi) is 5.05. The molecule has 0 amide bonds. The van der Waals surface area contributed by atoms with Crippen molar-refractivity contribution in [3.05, 3.63) is 0 Å². The first-order valence-electron chi connectivity index (χ1n) is 5.67. The van der Waals surface area contributed by atoms with Gasteiger partial charge in [-0.25, -0.2) is 4.79 Å². The zero-order valence-electron chi connectivity index (χ0n) is 9.33. The lowest BCUT2D eigenvalue weighted by atomic mass is 10.0. The number of epoxide rings is 1. The average Bonchev–Trinajstić information content (AvgIpc) is 2.99. The van der Waals surface area contributed by atoms with Crippen LogP contribution in [-0.2, 0) is 14.3 Å². The lowest BCUT2D eigenvalue weighted by Gasteiger charge is -2.09. The van der Waals surface area contributed by atoms with Gasteiger partial charge >= 0.3 is 5.97 Å². The molecule has 0 bridgehead atoms. The van der Waals surface area contributed by atoms with Crippen molar-refractivity contribution in [2.24, 2.45) is 0 Å². The number of ether oxygens (including phenoxy) is 2. The number of hydrogen-bond donors (Lipinski definition) is 1.